The molecular weight excluding hydrogens is 453 g/mol. The number of carbonyl (C=O) groups is 1. The van der Waals surface area contributed by atoms with Crippen molar-refractivity contribution in [3.05, 3.63) is 30.3 Å². The summed E-state index contributed by atoms with van der Waals surface area (Å²) in [6.45, 7) is 4.08. The Bertz CT molecular complexity index is 664. The molecule has 0 aromatic heterocycles. The highest BCUT2D eigenvalue weighted by Crippen LogP contribution is 2.31. The average molecular weight is 483 g/mol. The first-order valence-corrected chi connectivity index (χ1v) is 9.79. The molecule has 2 unspecified atom stereocenters. The van der Waals surface area contributed by atoms with Gasteiger partial charge in [0.15, 0.2) is 5.96 Å². The Hall–Kier alpha value is -1.35. The number of guanidine groups is 1. The molecule has 2 saturated heterocycles. The molecule has 148 valence electrons. The Morgan fingerprint density at radius 2 is 1.96 bits per heavy atom. The number of amides is 1. The zero-order chi connectivity index (χ0) is 17.9. The molecule has 1 aliphatic carbocycles. The smallest absolute Gasteiger partial charge is 0.229 e. The summed E-state index contributed by atoms with van der Waals surface area (Å²) >= 11 is 0. The van der Waals surface area contributed by atoms with E-state index in [2.05, 4.69) is 20.5 Å². The quantitative estimate of drug-likeness (QED) is 0.383. The van der Waals surface area contributed by atoms with Crippen molar-refractivity contribution in [3.8, 4) is 0 Å². The summed E-state index contributed by atoms with van der Waals surface area (Å²) in [6.07, 6.45) is 4.55. The lowest BCUT2D eigenvalue weighted by atomic mass is 10.1. The van der Waals surface area contributed by atoms with Crippen LogP contribution in [0.15, 0.2) is 35.3 Å². The third-order valence-electron chi connectivity index (χ3n) is 5.70. The van der Waals surface area contributed by atoms with Crippen LogP contribution in [0.2, 0.25) is 0 Å². The molecule has 2 aliphatic heterocycles. The van der Waals surface area contributed by atoms with Crippen LogP contribution in [-0.4, -0.2) is 62.1 Å². The van der Waals surface area contributed by atoms with Crippen molar-refractivity contribution in [1.29, 1.82) is 0 Å². The summed E-state index contributed by atoms with van der Waals surface area (Å²) in [4.78, 5) is 21.2. The Labute approximate surface area is 178 Å². The van der Waals surface area contributed by atoms with Crippen molar-refractivity contribution >= 4 is 41.5 Å². The van der Waals surface area contributed by atoms with Gasteiger partial charge in [0.05, 0.1) is 6.04 Å². The average Bonchev–Trinajstić information content (AvgIpc) is 3.30. The van der Waals surface area contributed by atoms with Gasteiger partial charge in [-0.05, 0) is 43.9 Å². The number of rotatable bonds is 5. The van der Waals surface area contributed by atoms with E-state index in [1.165, 1.54) is 32.4 Å². The molecule has 4 rings (SSSR count). The van der Waals surface area contributed by atoms with Crippen molar-refractivity contribution in [2.24, 2.45) is 10.9 Å². The monoisotopic (exact) mass is 483 g/mol. The fourth-order valence-corrected chi connectivity index (χ4v) is 4.09. The van der Waals surface area contributed by atoms with Crippen molar-refractivity contribution in [1.82, 2.24) is 15.5 Å². The summed E-state index contributed by atoms with van der Waals surface area (Å²) in [5.74, 6) is 1.67. The summed E-state index contributed by atoms with van der Waals surface area (Å²) < 4.78 is 0. The standard InChI is InChI=1S/C20H29N5O.HI/c1-21-20(22-12-15-9-10-24(13-15)17-7-8-17)23-16-11-19(26)25(14-16)18-5-3-2-4-6-18;/h2-6,15-17H,7-14H2,1H3,(H2,21,22,23);1H. The normalized spacial score (nSPS) is 26.2. The molecule has 2 N–H and O–H groups in total. The molecule has 0 spiro atoms. The Morgan fingerprint density at radius 3 is 2.67 bits per heavy atom. The molecule has 2 atom stereocenters. The van der Waals surface area contributed by atoms with Gasteiger partial charge in [0, 0.05) is 44.8 Å². The van der Waals surface area contributed by atoms with Gasteiger partial charge < -0.3 is 20.4 Å². The number of likely N-dealkylation sites (tertiary alicyclic amines) is 1. The van der Waals surface area contributed by atoms with Crippen LogP contribution >= 0.6 is 24.0 Å². The van der Waals surface area contributed by atoms with Crippen molar-refractivity contribution in [2.75, 3.05) is 38.1 Å². The van der Waals surface area contributed by atoms with E-state index in [0.29, 0.717) is 18.9 Å². The number of benzene rings is 1. The first kappa shape index (κ1) is 20.4. The first-order chi connectivity index (χ1) is 12.7. The van der Waals surface area contributed by atoms with E-state index in [0.717, 1.165) is 24.2 Å². The van der Waals surface area contributed by atoms with E-state index in [1.54, 1.807) is 7.05 Å². The lowest BCUT2D eigenvalue weighted by Gasteiger charge is -2.20. The lowest BCUT2D eigenvalue weighted by Crippen LogP contribution is -2.46. The van der Waals surface area contributed by atoms with E-state index in [4.69, 9.17) is 0 Å². The predicted molar refractivity (Wildman–Crippen MR) is 120 cm³/mol. The maximum Gasteiger partial charge on any atom is 0.229 e. The number of nitrogens with one attached hydrogen (secondary N) is 2. The van der Waals surface area contributed by atoms with E-state index in [-0.39, 0.29) is 35.9 Å². The van der Waals surface area contributed by atoms with Crippen LogP contribution in [-0.2, 0) is 4.79 Å². The van der Waals surface area contributed by atoms with E-state index in [1.807, 2.05) is 35.2 Å². The lowest BCUT2D eigenvalue weighted by molar-refractivity contribution is -0.117. The molecule has 7 heteroatoms. The van der Waals surface area contributed by atoms with Gasteiger partial charge in [-0.1, -0.05) is 18.2 Å². The minimum atomic E-state index is 0. The van der Waals surface area contributed by atoms with Gasteiger partial charge in [-0.2, -0.15) is 0 Å². The highest BCUT2D eigenvalue weighted by Gasteiger charge is 2.34. The fraction of sp³-hybridized carbons (Fsp3) is 0.600. The summed E-state index contributed by atoms with van der Waals surface area (Å²) in [5.41, 5.74) is 0.968. The number of anilines is 1. The molecule has 1 aromatic carbocycles. The molecule has 1 amide bonds. The summed E-state index contributed by atoms with van der Waals surface area (Å²) in [7, 11) is 1.80. The van der Waals surface area contributed by atoms with Crippen LogP contribution in [0.4, 0.5) is 5.69 Å². The third-order valence-corrected chi connectivity index (χ3v) is 5.70. The highest BCUT2D eigenvalue weighted by atomic mass is 127. The minimum Gasteiger partial charge on any atom is -0.356 e. The van der Waals surface area contributed by atoms with Gasteiger partial charge in [-0.25, -0.2) is 0 Å². The number of carbonyl (C=O) groups excluding carboxylic acids is 1. The maximum atomic E-state index is 12.3. The predicted octanol–water partition coefficient (Wildman–Crippen LogP) is 2.06. The second kappa shape index (κ2) is 9.23. The molecule has 3 aliphatic rings. The van der Waals surface area contributed by atoms with E-state index in [9.17, 15) is 4.79 Å². The number of para-hydroxylation sites is 1. The van der Waals surface area contributed by atoms with Gasteiger partial charge in [0.25, 0.3) is 0 Å². The molecule has 3 fully saturated rings. The number of hydrogen-bond donors (Lipinski definition) is 2. The molecule has 1 saturated carbocycles. The second-order valence-electron chi connectivity index (χ2n) is 7.72. The van der Waals surface area contributed by atoms with Gasteiger partial charge in [-0.15, -0.1) is 24.0 Å². The van der Waals surface area contributed by atoms with E-state index < -0.39 is 0 Å². The third kappa shape index (κ3) is 5.13. The second-order valence-corrected chi connectivity index (χ2v) is 7.72. The Balaban J connectivity index is 0.00000210. The van der Waals surface area contributed by atoms with Crippen LogP contribution < -0.4 is 15.5 Å². The molecule has 0 bridgehead atoms. The molecule has 27 heavy (non-hydrogen) atoms. The van der Waals surface area contributed by atoms with Crippen LogP contribution in [0.25, 0.3) is 0 Å². The van der Waals surface area contributed by atoms with Crippen LogP contribution in [0.1, 0.15) is 25.7 Å². The van der Waals surface area contributed by atoms with Crippen molar-refractivity contribution in [2.45, 2.75) is 37.8 Å². The van der Waals surface area contributed by atoms with Gasteiger partial charge in [0.1, 0.15) is 0 Å². The fourth-order valence-electron chi connectivity index (χ4n) is 4.09. The molecule has 0 radical (unpaired) electrons. The molecule has 2 heterocycles. The van der Waals surface area contributed by atoms with Crippen LogP contribution in [0.3, 0.4) is 0 Å². The molecule has 1 aromatic rings. The highest BCUT2D eigenvalue weighted by molar-refractivity contribution is 14.0. The van der Waals surface area contributed by atoms with Gasteiger partial charge in [-0.3, -0.25) is 9.79 Å². The Morgan fingerprint density at radius 1 is 1.19 bits per heavy atom. The summed E-state index contributed by atoms with van der Waals surface area (Å²) in [5, 5.41) is 6.90. The molecule has 6 nitrogen and oxygen atoms in total. The van der Waals surface area contributed by atoms with Crippen molar-refractivity contribution in [3.63, 3.8) is 0 Å². The van der Waals surface area contributed by atoms with Crippen molar-refractivity contribution < 1.29 is 4.79 Å². The topological polar surface area (TPSA) is 60.0 Å². The number of aliphatic imine (C=N–C) groups is 1. The number of hydrogen-bond acceptors (Lipinski definition) is 3. The SMILES string of the molecule is CN=C(NCC1CCN(C2CC2)C1)NC1CC(=O)N(c2ccccc2)C1.I. The van der Waals surface area contributed by atoms with Crippen LogP contribution in [0.5, 0.6) is 0 Å². The number of nitrogens with zero attached hydrogens (tertiary/aromatic N) is 3. The van der Waals surface area contributed by atoms with Gasteiger partial charge in [0.2, 0.25) is 5.91 Å². The minimum absolute atomic E-state index is 0. The van der Waals surface area contributed by atoms with Gasteiger partial charge >= 0.3 is 0 Å². The zero-order valence-electron chi connectivity index (χ0n) is 15.9. The number of halogens is 1. The Kier molecular flexibility index (Phi) is 6.97. The molecular formula is C20H30IN5O. The zero-order valence-corrected chi connectivity index (χ0v) is 18.3. The summed E-state index contributed by atoms with van der Waals surface area (Å²) in [6, 6.07) is 10.8. The van der Waals surface area contributed by atoms with Crippen LogP contribution in [0, 0.1) is 5.92 Å². The van der Waals surface area contributed by atoms with E-state index >= 15 is 0 Å². The largest absolute Gasteiger partial charge is 0.356 e. The first-order valence-electron chi connectivity index (χ1n) is 9.79. The maximum absolute atomic E-state index is 12.3.